The Labute approximate surface area is 109 Å². The van der Waals surface area contributed by atoms with Crippen LogP contribution >= 0.6 is 11.8 Å². The molecule has 0 aliphatic carbocycles. The van der Waals surface area contributed by atoms with Crippen LogP contribution in [0.15, 0.2) is 36.7 Å². The number of hydrogen-bond acceptors (Lipinski definition) is 4. The molecule has 2 aromatic rings. The summed E-state index contributed by atoms with van der Waals surface area (Å²) in [4.78, 5) is 10.1. The van der Waals surface area contributed by atoms with E-state index in [9.17, 15) is 10.1 Å². The number of non-ortho nitro benzene ring substituents is 1. The second-order valence-corrected chi connectivity index (χ2v) is 4.92. The molecule has 6 heteroatoms. The first-order valence-electron chi connectivity index (χ1n) is 5.44. The molecule has 1 aromatic carbocycles. The lowest BCUT2D eigenvalue weighted by Crippen LogP contribution is -1.88. The van der Waals surface area contributed by atoms with Crippen molar-refractivity contribution in [3.05, 3.63) is 57.9 Å². The van der Waals surface area contributed by atoms with Crippen LogP contribution in [0.5, 0.6) is 0 Å². The first-order chi connectivity index (χ1) is 8.65. The van der Waals surface area contributed by atoms with Gasteiger partial charge >= 0.3 is 0 Å². The molecule has 0 amide bonds. The second-order valence-electron chi connectivity index (χ2n) is 3.94. The van der Waals surface area contributed by atoms with Crippen molar-refractivity contribution in [3.8, 4) is 0 Å². The molecule has 0 N–H and O–H groups in total. The molecule has 5 nitrogen and oxygen atoms in total. The molecule has 0 bridgehead atoms. The van der Waals surface area contributed by atoms with Gasteiger partial charge in [0, 0.05) is 36.9 Å². The lowest BCUT2D eigenvalue weighted by molar-refractivity contribution is -0.384. The smallest absolute Gasteiger partial charge is 0.269 e. The quantitative estimate of drug-likeness (QED) is 0.614. The van der Waals surface area contributed by atoms with Crippen LogP contribution in [-0.4, -0.2) is 14.7 Å². The van der Waals surface area contributed by atoms with Gasteiger partial charge in [0.05, 0.1) is 11.1 Å². The summed E-state index contributed by atoms with van der Waals surface area (Å²) in [6.07, 6.45) is 3.84. The van der Waals surface area contributed by atoms with Gasteiger partial charge in [-0.2, -0.15) is 16.9 Å². The Morgan fingerprint density at radius 2 is 1.94 bits per heavy atom. The van der Waals surface area contributed by atoms with Crippen LogP contribution in [0.3, 0.4) is 0 Å². The van der Waals surface area contributed by atoms with Crippen LogP contribution in [0.25, 0.3) is 0 Å². The maximum absolute atomic E-state index is 10.5. The van der Waals surface area contributed by atoms with E-state index in [4.69, 9.17) is 0 Å². The molecular weight excluding hydrogens is 250 g/mol. The van der Waals surface area contributed by atoms with Crippen molar-refractivity contribution >= 4 is 17.4 Å². The summed E-state index contributed by atoms with van der Waals surface area (Å²) in [5, 5.41) is 14.6. The van der Waals surface area contributed by atoms with Gasteiger partial charge in [0.15, 0.2) is 0 Å². The predicted molar refractivity (Wildman–Crippen MR) is 71.3 cm³/mol. The maximum Gasteiger partial charge on any atom is 0.269 e. The Morgan fingerprint density at radius 1 is 1.28 bits per heavy atom. The summed E-state index contributed by atoms with van der Waals surface area (Å²) >= 11 is 1.76. The molecule has 1 heterocycles. The van der Waals surface area contributed by atoms with Crippen molar-refractivity contribution in [3.63, 3.8) is 0 Å². The number of rotatable bonds is 5. The average molecular weight is 263 g/mol. The molecule has 2 rings (SSSR count). The van der Waals surface area contributed by atoms with Gasteiger partial charge in [-0.15, -0.1) is 0 Å². The van der Waals surface area contributed by atoms with Crippen LogP contribution in [0, 0.1) is 10.1 Å². The zero-order valence-corrected chi connectivity index (χ0v) is 10.8. The molecule has 0 atom stereocenters. The first-order valence-corrected chi connectivity index (χ1v) is 6.59. The molecule has 0 aliphatic heterocycles. The zero-order chi connectivity index (χ0) is 13.0. The highest BCUT2D eigenvalue weighted by atomic mass is 32.2. The van der Waals surface area contributed by atoms with Gasteiger partial charge < -0.3 is 0 Å². The van der Waals surface area contributed by atoms with E-state index >= 15 is 0 Å². The molecule has 0 saturated carbocycles. The van der Waals surface area contributed by atoms with Crippen molar-refractivity contribution in [1.82, 2.24) is 9.78 Å². The van der Waals surface area contributed by atoms with E-state index in [2.05, 4.69) is 5.10 Å². The van der Waals surface area contributed by atoms with E-state index < -0.39 is 0 Å². The van der Waals surface area contributed by atoms with E-state index in [1.807, 2.05) is 19.4 Å². The lowest BCUT2D eigenvalue weighted by atomic mass is 10.2. The highest BCUT2D eigenvalue weighted by Crippen LogP contribution is 2.19. The second kappa shape index (κ2) is 5.68. The van der Waals surface area contributed by atoms with E-state index in [0.29, 0.717) is 0 Å². The Balaban J connectivity index is 1.85. The molecule has 94 valence electrons. The topological polar surface area (TPSA) is 61.0 Å². The van der Waals surface area contributed by atoms with Gasteiger partial charge in [-0.1, -0.05) is 12.1 Å². The molecule has 0 spiro atoms. The largest absolute Gasteiger partial charge is 0.276 e. The number of thioether (sulfide) groups is 1. The van der Waals surface area contributed by atoms with E-state index in [0.717, 1.165) is 17.1 Å². The molecule has 0 radical (unpaired) electrons. The normalized spacial score (nSPS) is 10.5. The van der Waals surface area contributed by atoms with E-state index in [1.54, 1.807) is 40.7 Å². The highest BCUT2D eigenvalue weighted by Gasteiger charge is 2.04. The van der Waals surface area contributed by atoms with Crippen LogP contribution in [0.1, 0.15) is 11.1 Å². The molecular formula is C12H13N3O2S. The Kier molecular flexibility index (Phi) is 3.99. The Hall–Kier alpha value is -1.82. The summed E-state index contributed by atoms with van der Waals surface area (Å²) in [5.41, 5.74) is 2.41. The number of hydrogen-bond donors (Lipinski definition) is 0. The summed E-state index contributed by atoms with van der Waals surface area (Å²) in [5.74, 6) is 1.73. The SMILES string of the molecule is Cn1cc(CSCc2ccc([N+](=O)[O-])cc2)cn1. The minimum atomic E-state index is -0.382. The standard InChI is InChI=1S/C12H13N3O2S/c1-14-7-11(6-13-14)9-18-8-10-2-4-12(5-3-10)15(16)17/h2-7H,8-9H2,1H3. The fourth-order valence-electron chi connectivity index (χ4n) is 1.55. The van der Waals surface area contributed by atoms with E-state index in [1.165, 1.54) is 5.56 Å². The van der Waals surface area contributed by atoms with Crippen LogP contribution in [0.2, 0.25) is 0 Å². The van der Waals surface area contributed by atoms with Gasteiger partial charge in [-0.25, -0.2) is 0 Å². The van der Waals surface area contributed by atoms with Crippen LogP contribution in [-0.2, 0) is 18.6 Å². The van der Waals surface area contributed by atoms with Gasteiger partial charge in [0.2, 0.25) is 0 Å². The van der Waals surface area contributed by atoms with E-state index in [-0.39, 0.29) is 10.6 Å². The minimum Gasteiger partial charge on any atom is -0.276 e. The third-order valence-electron chi connectivity index (χ3n) is 2.44. The summed E-state index contributed by atoms with van der Waals surface area (Å²) in [7, 11) is 1.89. The fraction of sp³-hybridized carbons (Fsp3) is 0.250. The van der Waals surface area contributed by atoms with Crippen LogP contribution < -0.4 is 0 Å². The van der Waals surface area contributed by atoms with Crippen LogP contribution in [0.4, 0.5) is 5.69 Å². The number of aromatic nitrogens is 2. The molecule has 0 aliphatic rings. The third kappa shape index (κ3) is 3.33. The lowest BCUT2D eigenvalue weighted by Gasteiger charge is -2.00. The van der Waals surface area contributed by atoms with Gasteiger partial charge in [0.25, 0.3) is 5.69 Å². The summed E-state index contributed by atoms with van der Waals surface area (Å²) in [6, 6.07) is 6.68. The number of nitro groups is 1. The molecule has 0 fully saturated rings. The van der Waals surface area contributed by atoms with Crippen molar-refractivity contribution in [2.24, 2.45) is 7.05 Å². The van der Waals surface area contributed by atoms with Crippen molar-refractivity contribution < 1.29 is 4.92 Å². The number of nitrogens with zero attached hydrogens (tertiary/aromatic N) is 3. The van der Waals surface area contributed by atoms with Crippen molar-refractivity contribution in [2.75, 3.05) is 0 Å². The molecule has 18 heavy (non-hydrogen) atoms. The van der Waals surface area contributed by atoms with Crippen molar-refractivity contribution in [1.29, 1.82) is 0 Å². The maximum atomic E-state index is 10.5. The molecule has 1 aromatic heterocycles. The Morgan fingerprint density at radius 3 is 2.50 bits per heavy atom. The zero-order valence-electron chi connectivity index (χ0n) is 9.94. The monoisotopic (exact) mass is 263 g/mol. The first kappa shape index (κ1) is 12.6. The molecule has 0 saturated heterocycles. The fourth-order valence-corrected chi connectivity index (χ4v) is 2.46. The van der Waals surface area contributed by atoms with Gasteiger partial charge in [-0.05, 0) is 11.1 Å². The summed E-state index contributed by atoms with van der Waals surface area (Å²) in [6.45, 7) is 0. The summed E-state index contributed by atoms with van der Waals surface area (Å²) < 4.78 is 1.78. The average Bonchev–Trinajstić information content (AvgIpc) is 2.76. The number of benzene rings is 1. The molecule has 0 unspecified atom stereocenters. The highest BCUT2D eigenvalue weighted by molar-refractivity contribution is 7.97. The van der Waals surface area contributed by atoms with Gasteiger partial charge in [0.1, 0.15) is 0 Å². The third-order valence-corrected chi connectivity index (χ3v) is 3.52. The van der Waals surface area contributed by atoms with Gasteiger partial charge in [-0.3, -0.25) is 14.8 Å². The number of nitro benzene ring substituents is 1. The minimum absolute atomic E-state index is 0.135. The predicted octanol–water partition coefficient (Wildman–Crippen LogP) is 2.76. The Bertz CT molecular complexity index is 537. The van der Waals surface area contributed by atoms with Crippen molar-refractivity contribution in [2.45, 2.75) is 11.5 Å². The number of aryl methyl sites for hydroxylation is 1.